The first-order valence-corrected chi connectivity index (χ1v) is 16.0. The summed E-state index contributed by atoms with van der Waals surface area (Å²) < 4.78 is 42.0. The molecule has 2 fully saturated rings. The fraction of sp³-hybridized carbons (Fsp3) is 0.514. The number of rotatable bonds is 12. The van der Waals surface area contributed by atoms with Crippen molar-refractivity contribution in [2.24, 2.45) is 10.8 Å². The van der Waals surface area contributed by atoms with Crippen molar-refractivity contribution >= 4 is 5.69 Å². The second-order valence-corrected chi connectivity index (χ2v) is 13.7. The summed E-state index contributed by atoms with van der Waals surface area (Å²) in [6.07, 6.45) is -0.245. The van der Waals surface area contributed by atoms with Crippen molar-refractivity contribution in [2.45, 2.75) is 59.2 Å². The molecule has 0 aliphatic carbocycles. The minimum atomic E-state index is -1.77. The standard InChI is InChI=1S/C37H49NO8/c1-8-16-38-28-11-9-10-27(19-28)37(39,29-17-25(12-14-31(29)41-7)33-42-20-35(2,3)21-43-33)30-18-26(13-15-32(30)46-24-40-6)34-44-22-36(4,5)23-45-34/h9-15,17-19,33-34,38-39H,8,16,20-24H2,1-7H3. The van der Waals surface area contributed by atoms with Gasteiger partial charge in [0, 0.05) is 52.4 Å². The Bertz CT molecular complexity index is 1450. The minimum absolute atomic E-state index is 0.0120. The van der Waals surface area contributed by atoms with Gasteiger partial charge in [-0.2, -0.15) is 0 Å². The summed E-state index contributed by atoms with van der Waals surface area (Å²) in [5.41, 5.74) is 2.04. The summed E-state index contributed by atoms with van der Waals surface area (Å²) >= 11 is 0. The summed E-state index contributed by atoms with van der Waals surface area (Å²) in [7, 11) is 3.16. The van der Waals surface area contributed by atoms with E-state index in [4.69, 9.17) is 33.2 Å². The number of aliphatic hydroxyl groups is 1. The van der Waals surface area contributed by atoms with Crippen LogP contribution < -0.4 is 14.8 Å². The van der Waals surface area contributed by atoms with Crippen LogP contribution in [0.4, 0.5) is 5.69 Å². The van der Waals surface area contributed by atoms with Crippen LogP contribution in [0.5, 0.6) is 11.5 Å². The van der Waals surface area contributed by atoms with Gasteiger partial charge < -0.3 is 43.6 Å². The lowest BCUT2D eigenvalue weighted by atomic mass is 9.78. The van der Waals surface area contributed by atoms with Gasteiger partial charge in [0.25, 0.3) is 0 Å². The maximum atomic E-state index is 13.4. The number of hydrogen-bond acceptors (Lipinski definition) is 9. The molecule has 0 saturated carbocycles. The zero-order valence-corrected chi connectivity index (χ0v) is 28.2. The van der Waals surface area contributed by atoms with Gasteiger partial charge in [0.05, 0.1) is 33.5 Å². The van der Waals surface area contributed by atoms with Crippen molar-refractivity contribution in [3.63, 3.8) is 0 Å². The number of nitrogens with one attached hydrogen (secondary N) is 1. The van der Waals surface area contributed by atoms with E-state index in [1.165, 1.54) is 0 Å². The maximum absolute atomic E-state index is 13.4. The van der Waals surface area contributed by atoms with Gasteiger partial charge >= 0.3 is 0 Å². The topological polar surface area (TPSA) is 96.9 Å². The Morgan fingerprint density at radius 2 is 1.33 bits per heavy atom. The molecule has 9 nitrogen and oxygen atoms in total. The van der Waals surface area contributed by atoms with Crippen molar-refractivity contribution in [1.82, 2.24) is 0 Å². The van der Waals surface area contributed by atoms with Crippen LogP contribution >= 0.6 is 0 Å². The maximum Gasteiger partial charge on any atom is 0.188 e. The van der Waals surface area contributed by atoms with E-state index in [0.29, 0.717) is 54.6 Å². The molecule has 3 aromatic rings. The van der Waals surface area contributed by atoms with Crippen molar-refractivity contribution < 1.29 is 38.3 Å². The molecule has 0 amide bonds. The molecule has 9 heteroatoms. The Morgan fingerprint density at radius 3 is 1.85 bits per heavy atom. The predicted molar refractivity (Wildman–Crippen MR) is 176 cm³/mol. The molecule has 2 heterocycles. The molecule has 1 unspecified atom stereocenters. The molecule has 2 aliphatic heterocycles. The lowest BCUT2D eigenvalue weighted by molar-refractivity contribution is -0.226. The lowest BCUT2D eigenvalue weighted by Crippen LogP contribution is -2.35. The molecule has 3 aromatic carbocycles. The van der Waals surface area contributed by atoms with Gasteiger partial charge in [-0.05, 0) is 48.4 Å². The van der Waals surface area contributed by atoms with E-state index in [1.54, 1.807) is 14.2 Å². The SMILES string of the molecule is CCCNc1cccc(C(O)(c2cc(C3OCC(C)(C)CO3)ccc2OC)c2cc(C3OCC(C)(C)CO3)ccc2OCOC)c1. The Hall–Kier alpha value is -3.18. The smallest absolute Gasteiger partial charge is 0.188 e. The highest BCUT2D eigenvalue weighted by atomic mass is 16.7. The molecular formula is C37H49NO8. The van der Waals surface area contributed by atoms with E-state index in [0.717, 1.165) is 29.8 Å². The minimum Gasteiger partial charge on any atom is -0.496 e. The highest BCUT2D eigenvalue weighted by molar-refractivity contribution is 5.60. The van der Waals surface area contributed by atoms with Gasteiger partial charge in [-0.1, -0.05) is 58.9 Å². The van der Waals surface area contributed by atoms with Gasteiger partial charge in [0.1, 0.15) is 17.1 Å². The quantitative estimate of drug-likeness (QED) is 0.162. The predicted octanol–water partition coefficient (Wildman–Crippen LogP) is 6.93. The molecule has 250 valence electrons. The van der Waals surface area contributed by atoms with Crippen LogP contribution in [-0.4, -0.2) is 59.1 Å². The fourth-order valence-electron chi connectivity index (χ4n) is 5.73. The van der Waals surface area contributed by atoms with Crippen LogP contribution in [0.1, 0.15) is 81.4 Å². The van der Waals surface area contributed by atoms with Crippen molar-refractivity contribution in [3.8, 4) is 11.5 Å². The zero-order valence-electron chi connectivity index (χ0n) is 28.2. The summed E-state index contributed by atoms with van der Waals surface area (Å²) in [5, 5.41) is 16.8. The van der Waals surface area contributed by atoms with E-state index < -0.39 is 18.2 Å². The molecule has 0 radical (unpaired) electrons. The summed E-state index contributed by atoms with van der Waals surface area (Å²) in [5.74, 6) is 0.930. The van der Waals surface area contributed by atoms with Gasteiger partial charge in [0.2, 0.25) is 0 Å². The van der Waals surface area contributed by atoms with Gasteiger partial charge in [0.15, 0.2) is 19.4 Å². The molecular weight excluding hydrogens is 586 g/mol. The number of benzene rings is 3. The van der Waals surface area contributed by atoms with Gasteiger partial charge in [-0.3, -0.25) is 0 Å². The Morgan fingerprint density at radius 1 is 0.783 bits per heavy atom. The molecule has 2 N–H and O–H groups in total. The number of anilines is 1. The van der Waals surface area contributed by atoms with Crippen molar-refractivity contribution in [2.75, 3.05) is 59.3 Å². The largest absolute Gasteiger partial charge is 0.496 e. The Labute approximate surface area is 273 Å². The molecule has 0 spiro atoms. The normalized spacial score (nSPS) is 19.7. The van der Waals surface area contributed by atoms with E-state index in [2.05, 4.69) is 39.9 Å². The Kier molecular flexibility index (Phi) is 10.6. The highest BCUT2D eigenvalue weighted by Gasteiger charge is 2.42. The van der Waals surface area contributed by atoms with Crippen LogP contribution in [0.25, 0.3) is 0 Å². The van der Waals surface area contributed by atoms with Gasteiger partial charge in [-0.25, -0.2) is 0 Å². The molecule has 0 bridgehead atoms. The van der Waals surface area contributed by atoms with Crippen molar-refractivity contribution in [3.05, 3.63) is 88.5 Å². The van der Waals surface area contributed by atoms with E-state index >= 15 is 0 Å². The first kappa shape index (κ1) is 34.2. The monoisotopic (exact) mass is 635 g/mol. The average Bonchev–Trinajstić information content (AvgIpc) is 3.06. The van der Waals surface area contributed by atoms with Crippen molar-refractivity contribution in [1.29, 1.82) is 0 Å². The molecule has 2 aliphatic rings. The molecule has 0 aromatic heterocycles. The molecule has 5 rings (SSSR count). The van der Waals surface area contributed by atoms with Gasteiger partial charge in [-0.15, -0.1) is 0 Å². The first-order chi connectivity index (χ1) is 22.0. The van der Waals surface area contributed by atoms with Crippen LogP contribution in [0.2, 0.25) is 0 Å². The Balaban J connectivity index is 1.71. The van der Waals surface area contributed by atoms with Crippen LogP contribution in [0.3, 0.4) is 0 Å². The second-order valence-electron chi connectivity index (χ2n) is 13.7. The lowest BCUT2D eigenvalue weighted by Gasteiger charge is -2.37. The molecule has 46 heavy (non-hydrogen) atoms. The van der Waals surface area contributed by atoms with E-state index in [-0.39, 0.29) is 17.6 Å². The van der Waals surface area contributed by atoms with E-state index in [1.807, 2.05) is 60.7 Å². The molecule has 2 saturated heterocycles. The number of ether oxygens (including phenoxy) is 7. The summed E-state index contributed by atoms with van der Waals surface area (Å²) in [6, 6.07) is 19.1. The first-order valence-electron chi connectivity index (χ1n) is 16.0. The molecule has 1 atom stereocenters. The third-order valence-corrected chi connectivity index (χ3v) is 8.24. The third-order valence-electron chi connectivity index (χ3n) is 8.24. The average molecular weight is 636 g/mol. The van der Waals surface area contributed by atoms with Crippen LogP contribution in [-0.2, 0) is 29.3 Å². The van der Waals surface area contributed by atoms with Crippen LogP contribution in [0, 0.1) is 10.8 Å². The summed E-state index contributed by atoms with van der Waals surface area (Å²) in [4.78, 5) is 0. The third kappa shape index (κ3) is 7.51. The van der Waals surface area contributed by atoms with Crippen LogP contribution in [0.15, 0.2) is 60.7 Å². The van der Waals surface area contributed by atoms with E-state index in [9.17, 15) is 5.11 Å². The fourth-order valence-corrected chi connectivity index (χ4v) is 5.73. The second kappa shape index (κ2) is 14.3. The number of hydrogen-bond donors (Lipinski definition) is 2. The summed E-state index contributed by atoms with van der Waals surface area (Å²) in [6.45, 7) is 13.5. The highest BCUT2D eigenvalue weighted by Crippen LogP contribution is 2.48. The zero-order chi connectivity index (χ0) is 33.0. The number of methoxy groups -OCH3 is 2.